The number of fused-ring (bicyclic) bond motifs is 2. The Morgan fingerprint density at radius 1 is 1.24 bits per heavy atom. The van der Waals surface area contributed by atoms with E-state index in [0.717, 1.165) is 34.7 Å². The number of amides is 1. The number of aromatic nitrogens is 4. The van der Waals surface area contributed by atoms with Crippen LogP contribution in [0.3, 0.4) is 0 Å². The topological polar surface area (TPSA) is 83.6 Å². The number of carbonyl (C=O) groups excluding carboxylic acids is 1. The van der Waals surface area contributed by atoms with E-state index in [1.165, 1.54) is 23.4 Å². The number of hydrogen-bond donors (Lipinski definition) is 2. The molecule has 3 aromatic heterocycles. The van der Waals surface area contributed by atoms with Gasteiger partial charge in [-0.25, -0.2) is 4.98 Å². The summed E-state index contributed by atoms with van der Waals surface area (Å²) in [5.74, 6) is 0.566. The minimum Gasteiger partial charge on any atom is -0.309 e. The Balaban J connectivity index is 1.64. The van der Waals surface area contributed by atoms with Gasteiger partial charge >= 0.3 is 0 Å². The quantitative estimate of drug-likeness (QED) is 0.742. The van der Waals surface area contributed by atoms with Gasteiger partial charge in [0, 0.05) is 34.8 Å². The molecular formula is C18H17N5OS. The fourth-order valence-electron chi connectivity index (χ4n) is 3.72. The Hall–Kier alpha value is -2.54. The molecule has 0 aromatic carbocycles. The lowest BCUT2D eigenvalue weighted by atomic mass is 9.90. The summed E-state index contributed by atoms with van der Waals surface area (Å²) in [6.07, 6.45) is 8.58. The maximum absolute atomic E-state index is 12.2. The van der Waals surface area contributed by atoms with Gasteiger partial charge < -0.3 is 5.32 Å². The number of anilines is 1. The van der Waals surface area contributed by atoms with Crippen LogP contribution in [0.4, 0.5) is 5.82 Å². The van der Waals surface area contributed by atoms with E-state index in [1.54, 1.807) is 17.5 Å². The second kappa shape index (κ2) is 5.77. The van der Waals surface area contributed by atoms with Gasteiger partial charge in [0.1, 0.15) is 5.01 Å². The maximum atomic E-state index is 12.2. The second-order valence-electron chi connectivity index (χ2n) is 6.54. The summed E-state index contributed by atoms with van der Waals surface area (Å²) < 4.78 is 0. The first-order valence-corrected chi connectivity index (χ1v) is 9.38. The summed E-state index contributed by atoms with van der Waals surface area (Å²) in [4.78, 5) is 22.7. The van der Waals surface area contributed by atoms with E-state index >= 15 is 0 Å². The standard InChI is InChI=1S/C18H17N5OS/c24-14-8-11(18-20-12-5-1-2-6-13(12)25-18)15-16(22-23-17(15)21-14)10-4-3-7-19-9-10/h3-4,7,9,11H,1-2,5-6,8H2,(H2,21,22,23,24). The third-order valence-electron chi connectivity index (χ3n) is 4.91. The summed E-state index contributed by atoms with van der Waals surface area (Å²) in [6, 6.07) is 3.90. The molecule has 126 valence electrons. The molecule has 0 fully saturated rings. The predicted molar refractivity (Wildman–Crippen MR) is 95.7 cm³/mol. The van der Waals surface area contributed by atoms with Crippen LogP contribution in [0.15, 0.2) is 24.5 Å². The Bertz CT molecular complexity index is 922. The van der Waals surface area contributed by atoms with Crippen molar-refractivity contribution in [1.29, 1.82) is 0 Å². The molecular weight excluding hydrogens is 334 g/mol. The number of thiazole rings is 1. The molecule has 1 atom stereocenters. The first-order chi connectivity index (χ1) is 12.3. The van der Waals surface area contributed by atoms with E-state index in [1.807, 2.05) is 18.3 Å². The van der Waals surface area contributed by atoms with E-state index in [9.17, 15) is 4.79 Å². The molecule has 0 spiro atoms. The average Bonchev–Trinajstić information content (AvgIpc) is 3.25. The van der Waals surface area contributed by atoms with Gasteiger partial charge in [-0.1, -0.05) is 0 Å². The van der Waals surface area contributed by atoms with Crippen LogP contribution in [-0.4, -0.2) is 26.1 Å². The lowest BCUT2D eigenvalue weighted by Gasteiger charge is -2.21. The number of hydrogen-bond acceptors (Lipinski definition) is 5. The molecule has 0 saturated carbocycles. The van der Waals surface area contributed by atoms with E-state index < -0.39 is 0 Å². The van der Waals surface area contributed by atoms with Crippen LogP contribution in [0.1, 0.15) is 46.3 Å². The van der Waals surface area contributed by atoms with Crippen LogP contribution in [0, 0.1) is 0 Å². The van der Waals surface area contributed by atoms with Gasteiger partial charge in [0.25, 0.3) is 0 Å². The molecule has 0 radical (unpaired) electrons. The van der Waals surface area contributed by atoms with Crippen LogP contribution in [0.2, 0.25) is 0 Å². The lowest BCUT2D eigenvalue weighted by Crippen LogP contribution is -2.23. The Labute approximate surface area is 148 Å². The van der Waals surface area contributed by atoms with Crippen molar-refractivity contribution < 1.29 is 4.79 Å². The summed E-state index contributed by atoms with van der Waals surface area (Å²) >= 11 is 1.77. The van der Waals surface area contributed by atoms with Gasteiger partial charge in [-0.2, -0.15) is 5.10 Å². The molecule has 5 rings (SSSR count). The summed E-state index contributed by atoms with van der Waals surface area (Å²) in [5.41, 5.74) is 4.14. The van der Waals surface area contributed by atoms with Crippen LogP contribution < -0.4 is 5.32 Å². The van der Waals surface area contributed by atoms with Crippen molar-refractivity contribution in [3.05, 3.63) is 45.7 Å². The van der Waals surface area contributed by atoms with Crippen LogP contribution in [0.25, 0.3) is 11.3 Å². The molecule has 1 aliphatic heterocycles. The molecule has 7 heteroatoms. The van der Waals surface area contributed by atoms with Crippen molar-refractivity contribution in [2.24, 2.45) is 0 Å². The van der Waals surface area contributed by atoms with Crippen molar-refractivity contribution in [2.45, 2.75) is 38.0 Å². The monoisotopic (exact) mass is 351 g/mol. The normalized spacial score (nSPS) is 19.2. The van der Waals surface area contributed by atoms with Crippen molar-refractivity contribution in [3.8, 4) is 11.3 Å². The van der Waals surface area contributed by atoms with Crippen LogP contribution >= 0.6 is 11.3 Å². The molecule has 25 heavy (non-hydrogen) atoms. The first-order valence-electron chi connectivity index (χ1n) is 8.56. The van der Waals surface area contributed by atoms with Crippen molar-refractivity contribution in [3.63, 3.8) is 0 Å². The molecule has 1 amide bonds. The number of H-pyrrole nitrogens is 1. The fourth-order valence-corrected chi connectivity index (χ4v) is 4.98. The second-order valence-corrected chi connectivity index (χ2v) is 7.65. The molecule has 2 aliphatic rings. The largest absolute Gasteiger partial charge is 0.309 e. The number of nitrogens with zero attached hydrogens (tertiary/aromatic N) is 3. The van der Waals surface area contributed by atoms with Gasteiger partial charge in [-0.15, -0.1) is 11.3 Å². The number of pyridine rings is 1. The number of rotatable bonds is 2. The highest BCUT2D eigenvalue weighted by Gasteiger charge is 2.34. The highest BCUT2D eigenvalue weighted by atomic mass is 32.1. The highest BCUT2D eigenvalue weighted by Crippen LogP contribution is 2.43. The Morgan fingerprint density at radius 3 is 3.00 bits per heavy atom. The highest BCUT2D eigenvalue weighted by molar-refractivity contribution is 7.11. The summed E-state index contributed by atoms with van der Waals surface area (Å²) in [7, 11) is 0. The van der Waals surface area contributed by atoms with Crippen molar-refractivity contribution >= 4 is 23.1 Å². The molecule has 2 N–H and O–H groups in total. The van der Waals surface area contributed by atoms with Crippen LogP contribution in [-0.2, 0) is 17.6 Å². The van der Waals surface area contributed by atoms with Crippen molar-refractivity contribution in [2.75, 3.05) is 5.32 Å². The number of aromatic amines is 1. The van der Waals surface area contributed by atoms with Gasteiger partial charge in [0.05, 0.1) is 17.3 Å². The minimum atomic E-state index is -0.0479. The maximum Gasteiger partial charge on any atom is 0.226 e. The average molecular weight is 351 g/mol. The Kier molecular flexibility index (Phi) is 3.41. The first kappa shape index (κ1) is 14.8. The zero-order valence-electron chi connectivity index (χ0n) is 13.6. The molecule has 1 unspecified atom stereocenters. The van der Waals surface area contributed by atoms with E-state index in [2.05, 4.69) is 20.5 Å². The van der Waals surface area contributed by atoms with Crippen LogP contribution in [0.5, 0.6) is 0 Å². The third-order valence-corrected chi connectivity index (χ3v) is 6.18. The molecule has 4 heterocycles. The predicted octanol–water partition coefficient (Wildman–Crippen LogP) is 3.28. The molecule has 6 nitrogen and oxygen atoms in total. The Morgan fingerprint density at radius 2 is 2.16 bits per heavy atom. The van der Waals surface area contributed by atoms with E-state index in [0.29, 0.717) is 12.2 Å². The zero-order chi connectivity index (χ0) is 16.8. The SMILES string of the molecule is O=C1CC(c2nc3c(s2)CCCC3)c2c(n[nH]c2-c2cccnc2)N1. The number of nitrogens with one attached hydrogen (secondary N) is 2. The number of carbonyl (C=O) groups is 1. The van der Waals surface area contributed by atoms with Gasteiger partial charge in [-0.3, -0.25) is 14.9 Å². The zero-order valence-corrected chi connectivity index (χ0v) is 14.4. The molecule has 3 aromatic rings. The van der Waals surface area contributed by atoms with Gasteiger partial charge in [-0.05, 0) is 37.8 Å². The van der Waals surface area contributed by atoms with Gasteiger partial charge in [0.2, 0.25) is 5.91 Å². The van der Waals surface area contributed by atoms with Gasteiger partial charge in [0.15, 0.2) is 5.82 Å². The fraction of sp³-hybridized carbons (Fsp3) is 0.333. The van der Waals surface area contributed by atoms with Crippen molar-refractivity contribution in [1.82, 2.24) is 20.2 Å². The smallest absolute Gasteiger partial charge is 0.226 e. The summed E-state index contributed by atoms with van der Waals surface area (Å²) in [5, 5.41) is 11.3. The lowest BCUT2D eigenvalue weighted by molar-refractivity contribution is -0.116. The third kappa shape index (κ3) is 2.46. The summed E-state index contributed by atoms with van der Waals surface area (Å²) in [6.45, 7) is 0. The molecule has 0 bridgehead atoms. The molecule has 1 aliphatic carbocycles. The number of aryl methyl sites for hydroxylation is 2. The van der Waals surface area contributed by atoms with E-state index in [-0.39, 0.29) is 11.8 Å². The molecule has 0 saturated heterocycles. The minimum absolute atomic E-state index is 0.00471. The van der Waals surface area contributed by atoms with E-state index in [4.69, 9.17) is 4.98 Å².